The maximum Gasteiger partial charge on any atom is 0.166 e. The van der Waals surface area contributed by atoms with Crippen molar-refractivity contribution in [1.82, 2.24) is 9.78 Å². The van der Waals surface area contributed by atoms with Crippen LogP contribution in [-0.2, 0) is 20.1 Å². The molecule has 0 saturated heterocycles. The number of hydrogen-bond donors (Lipinski definition) is 0. The predicted molar refractivity (Wildman–Crippen MR) is 71.3 cm³/mol. The highest BCUT2D eigenvalue weighted by atomic mass is 16.5. The lowest BCUT2D eigenvalue weighted by Gasteiger charge is -2.11. The minimum atomic E-state index is 0.195. The number of Topliss-reactive ketones (excluding diaryl/α,β-unsaturated/α-hetero) is 1. The van der Waals surface area contributed by atoms with E-state index in [-0.39, 0.29) is 5.78 Å². The molecule has 1 aromatic heterocycles. The molecule has 0 unspecified atom stereocenters. The molecule has 0 bridgehead atoms. The summed E-state index contributed by atoms with van der Waals surface area (Å²) in [5.74, 6) is 0.992. The number of carbonyl (C=O) groups excluding carboxylic acids is 1. The number of nitrogens with zero attached hydrogens (tertiary/aromatic N) is 2. The molecule has 19 heavy (non-hydrogen) atoms. The molecule has 1 aromatic carbocycles. The number of fused-ring (bicyclic) bond motifs is 1. The Kier molecular flexibility index (Phi) is 3.07. The van der Waals surface area contributed by atoms with Crippen LogP contribution in [0.5, 0.6) is 5.75 Å². The van der Waals surface area contributed by atoms with E-state index in [0.29, 0.717) is 13.0 Å². The van der Waals surface area contributed by atoms with Gasteiger partial charge in [0, 0.05) is 19.2 Å². The van der Waals surface area contributed by atoms with Crippen molar-refractivity contribution in [3.05, 3.63) is 47.3 Å². The van der Waals surface area contributed by atoms with Crippen LogP contribution in [0, 0.1) is 0 Å². The summed E-state index contributed by atoms with van der Waals surface area (Å²) in [7, 11) is 1.89. The molecule has 4 nitrogen and oxygen atoms in total. The molecule has 0 spiro atoms. The second-order valence-corrected chi connectivity index (χ2v) is 4.77. The molecule has 2 aromatic rings. The van der Waals surface area contributed by atoms with Gasteiger partial charge in [-0.1, -0.05) is 18.2 Å². The van der Waals surface area contributed by atoms with E-state index in [1.165, 1.54) is 0 Å². The van der Waals surface area contributed by atoms with Crippen molar-refractivity contribution in [1.29, 1.82) is 0 Å². The van der Waals surface area contributed by atoms with Gasteiger partial charge in [0.25, 0.3) is 0 Å². The smallest absolute Gasteiger partial charge is 0.166 e. The second kappa shape index (κ2) is 4.88. The average Bonchev–Trinajstić information content (AvgIpc) is 2.76. The van der Waals surface area contributed by atoms with Gasteiger partial charge in [-0.3, -0.25) is 9.48 Å². The van der Waals surface area contributed by atoms with Crippen LogP contribution in [-0.4, -0.2) is 15.6 Å². The lowest BCUT2D eigenvalue weighted by atomic mass is 9.94. The van der Waals surface area contributed by atoms with Crippen LogP contribution < -0.4 is 4.74 Å². The van der Waals surface area contributed by atoms with E-state index in [9.17, 15) is 4.79 Å². The van der Waals surface area contributed by atoms with Crippen LogP contribution in [0.4, 0.5) is 0 Å². The van der Waals surface area contributed by atoms with Gasteiger partial charge in [0.15, 0.2) is 5.78 Å². The minimum Gasteiger partial charge on any atom is -0.487 e. The first-order valence-electron chi connectivity index (χ1n) is 6.51. The van der Waals surface area contributed by atoms with E-state index >= 15 is 0 Å². The molecule has 0 atom stereocenters. The molecule has 0 N–H and O–H groups in total. The van der Waals surface area contributed by atoms with Gasteiger partial charge in [0.1, 0.15) is 18.1 Å². The van der Waals surface area contributed by atoms with Crippen LogP contribution in [0.2, 0.25) is 0 Å². The molecule has 0 amide bonds. The first-order chi connectivity index (χ1) is 9.25. The van der Waals surface area contributed by atoms with Gasteiger partial charge in [0.2, 0.25) is 0 Å². The van der Waals surface area contributed by atoms with E-state index in [1.54, 1.807) is 0 Å². The molecule has 0 saturated carbocycles. The third-order valence-corrected chi connectivity index (χ3v) is 3.45. The molecule has 3 rings (SSSR count). The molecular formula is C15H16N2O2. The zero-order chi connectivity index (χ0) is 13.2. The Balaban J connectivity index is 1.84. The van der Waals surface area contributed by atoms with Gasteiger partial charge in [0.05, 0.1) is 5.56 Å². The minimum absolute atomic E-state index is 0.195. The van der Waals surface area contributed by atoms with Gasteiger partial charge in [-0.25, -0.2) is 0 Å². The Morgan fingerprint density at radius 3 is 2.84 bits per heavy atom. The molecule has 1 aliphatic rings. The van der Waals surface area contributed by atoms with Crippen molar-refractivity contribution < 1.29 is 9.53 Å². The Morgan fingerprint density at radius 1 is 1.26 bits per heavy atom. The van der Waals surface area contributed by atoms with Crippen molar-refractivity contribution in [3.63, 3.8) is 0 Å². The normalized spacial score (nSPS) is 14.3. The molecule has 1 heterocycles. The lowest BCUT2D eigenvalue weighted by molar-refractivity contribution is 0.0969. The van der Waals surface area contributed by atoms with Crippen molar-refractivity contribution in [2.24, 2.45) is 7.05 Å². The Bertz CT molecular complexity index is 602. The molecule has 98 valence electrons. The fourth-order valence-corrected chi connectivity index (χ4v) is 2.54. The molecule has 0 aliphatic heterocycles. The number of carbonyl (C=O) groups is 1. The number of ether oxygens (including phenoxy) is 1. The lowest BCUT2D eigenvalue weighted by Crippen LogP contribution is -2.13. The van der Waals surface area contributed by atoms with Crippen molar-refractivity contribution in [3.8, 4) is 5.75 Å². The summed E-state index contributed by atoms with van der Waals surface area (Å²) < 4.78 is 7.51. The zero-order valence-electron chi connectivity index (χ0n) is 10.9. The maximum atomic E-state index is 12.0. The number of hydrogen-bond acceptors (Lipinski definition) is 3. The number of para-hydroxylation sites is 1. The van der Waals surface area contributed by atoms with Crippen molar-refractivity contribution >= 4 is 5.78 Å². The fourth-order valence-electron chi connectivity index (χ4n) is 2.54. The van der Waals surface area contributed by atoms with Gasteiger partial charge < -0.3 is 4.74 Å². The number of aryl methyl sites for hydroxylation is 1. The van der Waals surface area contributed by atoms with Gasteiger partial charge in [-0.05, 0) is 25.0 Å². The number of ketones is 1. The third-order valence-electron chi connectivity index (χ3n) is 3.45. The highest BCUT2D eigenvalue weighted by Gasteiger charge is 2.25. The quantitative estimate of drug-likeness (QED) is 0.847. The predicted octanol–water partition coefficient (Wildman–Crippen LogP) is 2.52. The van der Waals surface area contributed by atoms with Crippen LogP contribution in [0.3, 0.4) is 0 Å². The number of rotatable bonds is 3. The van der Waals surface area contributed by atoms with Gasteiger partial charge in [-0.15, -0.1) is 0 Å². The van der Waals surface area contributed by atoms with E-state index in [0.717, 1.165) is 35.5 Å². The summed E-state index contributed by atoms with van der Waals surface area (Å²) in [6, 6.07) is 9.59. The molecular weight excluding hydrogens is 240 g/mol. The number of benzene rings is 1. The van der Waals surface area contributed by atoms with E-state index in [1.807, 2.05) is 42.1 Å². The summed E-state index contributed by atoms with van der Waals surface area (Å²) in [5.41, 5.74) is 2.58. The molecule has 1 aliphatic carbocycles. The molecule has 4 heteroatoms. The van der Waals surface area contributed by atoms with Crippen molar-refractivity contribution in [2.45, 2.75) is 25.9 Å². The standard InChI is InChI=1S/C15H16N2O2/c1-17-13-8-5-9-14(18)15(13)12(16-17)10-19-11-6-3-2-4-7-11/h2-4,6-7H,5,8-10H2,1H3. The first kappa shape index (κ1) is 12.0. The summed E-state index contributed by atoms with van der Waals surface area (Å²) in [6.07, 6.45) is 2.47. The largest absolute Gasteiger partial charge is 0.487 e. The van der Waals surface area contributed by atoms with Crippen LogP contribution in [0.1, 0.15) is 34.6 Å². The fraction of sp³-hybridized carbons (Fsp3) is 0.333. The highest BCUT2D eigenvalue weighted by Crippen LogP contribution is 2.24. The van der Waals surface area contributed by atoms with E-state index < -0.39 is 0 Å². The third kappa shape index (κ3) is 2.26. The summed E-state index contributed by atoms with van der Waals surface area (Å²) in [5, 5.41) is 4.43. The first-order valence-corrected chi connectivity index (χ1v) is 6.51. The zero-order valence-corrected chi connectivity index (χ0v) is 10.9. The summed E-state index contributed by atoms with van der Waals surface area (Å²) in [4.78, 5) is 12.0. The molecule has 0 fully saturated rings. The van der Waals surface area contributed by atoms with Crippen molar-refractivity contribution in [2.75, 3.05) is 0 Å². The van der Waals surface area contributed by atoms with Crippen LogP contribution in [0.15, 0.2) is 30.3 Å². The maximum absolute atomic E-state index is 12.0. The summed E-state index contributed by atoms with van der Waals surface area (Å²) >= 11 is 0. The molecule has 0 radical (unpaired) electrons. The Morgan fingerprint density at radius 2 is 2.05 bits per heavy atom. The SMILES string of the molecule is Cn1nc(COc2ccccc2)c2c1CCCC2=O. The number of aromatic nitrogens is 2. The Hall–Kier alpha value is -2.10. The topological polar surface area (TPSA) is 44.1 Å². The summed E-state index contributed by atoms with van der Waals surface area (Å²) in [6.45, 7) is 0.346. The average molecular weight is 256 g/mol. The van der Waals surface area contributed by atoms with Gasteiger partial charge in [-0.2, -0.15) is 5.10 Å². The monoisotopic (exact) mass is 256 g/mol. The van der Waals surface area contributed by atoms with Crippen LogP contribution >= 0.6 is 0 Å². The highest BCUT2D eigenvalue weighted by molar-refractivity contribution is 5.99. The van der Waals surface area contributed by atoms with Gasteiger partial charge >= 0.3 is 0 Å². The second-order valence-electron chi connectivity index (χ2n) is 4.77. The Labute approximate surface area is 112 Å². The van der Waals surface area contributed by atoms with Crippen LogP contribution in [0.25, 0.3) is 0 Å². The van der Waals surface area contributed by atoms with E-state index in [4.69, 9.17) is 4.74 Å². The van der Waals surface area contributed by atoms with E-state index in [2.05, 4.69) is 5.10 Å².